The van der Waals surface area contributed by atoms with Gasteiger partial charge in [0, 0.05) is 6.07 Å². The monoisotopic (exact) mass is 282 g/mol. The van der Waals surface area contributed by atoms with Gasteiger partial charge in [0.15, 0.2) is 0 Å². The molecule has 2 rings (SSSR count). The maximum atomic E-state index is 11.9. The number of aromatic nitrogens is 1. The summed E-state index contributed by atoms with van der Waals surface area (Å²) in [4.78, 5) is 0. The van der Waals surface area contributed by atoms with Crippen LogP contribution >= 0.6 is 0 Å². The molecule has 0 saturated heterocycles. The topological polar surface area (TPSA) is 92.4 Å². The van der Waals surface area contributed by atoms with Gasteiger partial charge in [0.25, 0.3) is 0 Å². The largest absolute Gasteiger partial charge is 0.394 e. The van der Waals surface area contributed by atoms with Crippen molar-refractivity contribution in [3.8, 4) is 0 Å². The van der Waals surface area contributed by atoms with Crippen molar-refractivity contribution in [3.63, 3.8) is 0 Å². The lowest BCUT2D eigenvalue weighted by atomic mass is 10.1. The number of hydrogen-bond acceptors (Lipinski definition) is 5. The number of benzene rings is 1. The van der Waals surface area contributed by atoms with Gasteiger partial charge in [-0.2, -0.15) is 0 Å². The summed E-state index contributed by atoms with van der Waals surface area (Å²) in [5.41, 5.74) is 1.02. The minimum absolute atomic E-state index is 0.285. The van der Waals surface area contributed by atoms with Crippen LogP contribution in [0.3, 0.4) is 0 Å². The summed E-state index contributed by atoms with van der Waals surface area (Å²) in [6.45, 7) is -0.317. The predicted octanol–water partition coefficient (Wildman–Crippen LogP) is 0.828. The fourth-order valence-corrected chi connectivity index (χ4v) is 2.93. The highest BCUT2D eigenvalue weighted by atomic mass is 32.2. The van der Waals surface area contributed by atoms with Crippen molar-refractivity contribution < 1.29 is 18.0 Å². The molecule has 1 aromatic heterocycles. The van der Waals surface area contributed by atoms with Gasteiger partial charge in [0.1, 0.15) is 12.0 Å². The number of hydrogen-bond donors (Lipinski definition) is 2. The minimum Gasteiger partial charge on any atom is -0.394 e. The van der Waals surface area contributed by atoms with E-state index in [0.29, 0.717) is 11.3 Å². The van der Waals surface area contributed by atoms with Crippen molar-refractivity contribution in [2.24, 2.45) is 0 Å². The minimum atomic E-state index is -3.60. The van der Waals surface area contributed by atoms with Crippen LogP contribution < -0.4 is 4.72 Å². The molecule has 0 amide bonds. The van der Waals surface area contributed by atoms with Gasteiger partial charge in [-0.3, -0.25) is 0 Å². The molecule has 7 heteroatoms. The van der Waals surface area contributed by atoms with Crippen LogP contribution in [0.2, 0.25) is 0 Å². The van der Waals surface area contributed by atoms with Crippen molar-refractivity contribution >= 4 is 10.0 Å². The smallest absolute Gasteiger partial charge is 0.218 e. The zero-order chi connectivity index (χ0) is 13.7. The van der Waals surface area contributed by atoms with Crippen LogP contribution in [-0.2, 0) is 15.8 Å². The molecular formula is C12H14N2O4S. The van der Waals surface area contributed by atoms with Gasteiger partial charge in [-0.05, 0) is 5.56 Å². The molecule has 0 aliphatic rings. The first-order chi connectivity index (χ1) is 9.11. The Bertz CT molecular complexity index is 596. The molecule has 2 N–H and O–H groups in total. The number of aliphatic hydroxyl groups excluding tert-OH is 1. The summed E-state index contributed by atoms with van der Waals surface area (Å²) < 4.78 is 30.9. The maximum absolute atomic E-state index is 11.9. The van der Waals surface area contributed by atoms with E-state index in [9.17, 15) is 13.5 Å². The first-order valence-corrected chi connectivity index (χ1v) is 7.31. The second-order valence-electron chi connectivity index (χ2n) is 4.01. The summed E-state index contributed by atoms with van der Waals surface area (Å²) in [5, 5.41) is 12.9. The first-order valence-electron chi connectivity index (χ1n) is 5.66. The number of rotatable bonds is 6. The molecular weight excluding hydrogens is 268 g/mol. The molecule has 0 saturated carbocycles. The molecule has 0 fully saturated rings. The molecule has 0 radical (unpaired) electrons. The van der Waals surface area contributed by atoms with Gasteiger partial charge >= 0.3 is 0 Å². The fourth-order valence-electron chi connectivity index (χ4n) is 1.66. The summed E-state index contributed by atoms with van der Waals surface area (Å²) in [5.74, 6) is -0.285. The average molecular weight is 282 g/mol. The molecule has 1 aromatic carbocycles. The molecule has 0 aliphatic carbocycles. The Morgan fingerprint density at radius 2 is 2.00 bits per heavy atom. The van der Waals surface area contributed by atoms with E-state index >= 15 is 0 Å². The highest BCUT2D eigenvalue weighted by Crippen LogP contribution is 2.14. The van der Waals surface area contributed by atoms with Gasteiger partial charge in [0.05, 0.1) is 18.3 Å². The molecule has 0 aliphatic heterocycles. The molecule has 102 valence electrons. The third kappa shape index (κ3) is 3.88. The van der Waals surface area contributed by atoms with E-state index in [2.05, 4.69) is 14.4 Å². The molecule has 1 heterocycles. The van der Waals surface area contributed by atoms with E-state index < -0.39 is 16.1 Å². The van der Waals surface area contributed by atoms with Crippen molar-refractivity contribution in [2.45, 2.75) is 11.8 Å². The lowest BCUT2D eigenvalue weighted by Crippen LogP contribution is -2.31. The van der Waals surface area contributed by atoms with Crippen LogP contribution in [-0.4, -0.2) is 25.3 Å². The molecule has 2 aromatic rings. The maximum Gasteiger partial charge on any atom is 0.218 e. The standard InChI is InChI=1S/C12H14N2O4S/c15-8-12(10-4-2-1-3-5-10)14-19(16,17)9-11-6-7-18-13-11/h1-7,12,14-15H,8-9H2. The second-order valence-corrected chi connectivity index (χ2v) is 5.77. The van der Waals surface area contributed by atoms with Gasteiger partial charge in [-0.15, -0.1) is 0 Å². The third-order valence-corrected chi connectivity index (χ3v) is 3.85. The summed E-state index contributed by atoms with van der Waals surface area (Å²) in [6.07, 6.45) is 1.31. The highest BCUT2D eigenvalue weighted by molar-refractivity contribution is 7.88. The lowest BCUT2D eigenvalue weighted by molar-refractivity contribution is 0.259. The summed E-state index contributed by atoms with van der Waals surface area (Å²) >= 11 is 0. The first kappa shape index (κ1) is 13.7. The zero-order valence-corrected chi connectivity index (χ0v) is 10.9. The van der Waals surface area contributed by atoms with Crippen LogP contribution in [0, 0.1) is 0 Å². The quantitative estimate of drug-likeness (QED) is 0.818. The summed E-state index contributed by atoms with van der Waals surface area (Å²) in [7, 11) is -3.60. The fraction of sp³-hybridized carbons (Fsp3) is 0.250. The van der Waals surface area contributed by atoms with Crippen molar-refractivity contribution in [2.75, 3.05) is 6.61 Å². The third-order valence-electron chi connectivity index (χ3n) is 2.54. The van der Waals surface area contributed by atoms with Crippen LogP contribution in [0.15, 0.2) is 47.2 Å². The number of aliphatic hydroxyl groups is 1. The Hall–Kier alpha value is -1.70. The molecule has 1 unspecified atom stereocenters. The van der Waals surface area contributed by atoms with Crippen molar-refractivity contribution in [3.05, 3.63) is 53.9 Å². The zero-order valence-electron chi connectivity index (χ0n) is 10.1. The van der Waals surface area contributed by atoms with Gasteiger partial charge < -0.3 is 9.63 Å². The number of sulfonamides is 1. The molecule has 6 nitrogen and oxygen atoms in total. The Morgan fingerprint density at radius 3 is 2.58 bits per heavy atom. The van der Waals surface area contributed by atoms with E-state index in [-0.39, 0.29) is 12.4 Å². The molecule has 1 atom stereocenters. The molecule has 0 bridgehead atoms. The van der Waals surface area contributed by atoms with Gasteiger partial charge in [0.2, 0.25) is 10.0 Å². The SMILES string of the molecule is O=S(=O)(Cc1ccon1)NC(CO)c1ccccc1. The van der Waals surface area contributed by atoms with Crippen LogP contribution in [0.25, 0.3) is 0 Å². The molecule has 0 spiro atoms. The van der Waals surface area contributed by atoms with Crippen LogP contribution in [0.5, 0.6) is 0 Å². The van der Waals surface area contributed by atoms with E-state index in [1.54, 1.807) is 24.3 Å². The Morgan fingerprint density at radius 1 is 1.26 bits per heavy atom. The second kappa shape index (κ2) is 5.96. The number of nitrogens with zero attached hydrogens (tertiary/aromatic N) is 1. The van der Waals surface area contributed by atoms with Crippen LogP contribution in [0.1, 0.15) is 17.3 Å². The van der Waals surface area contributed by atoms with Gasteiger partial charge in [-0.1, -0.05) is 35.5 Å². The lowest BCUT2D eigenvalue weighted by Gasteiger charge is -2.16. The number of nitrogens with one attached hydrogen (secondary N) is 1. The Labute approximate surface area is 111 Å². The van der Waals surface area contributed by atoms with E-state index in [4.69, 9.17) is 0 Å². The van der Waals surface area contributed by atoms with E-state index in [1.807, 2.05) is 6.07 Å². The highest BCUT2D eigenvalue weighted by Gasteiger charge is 2.20. The van der Waals surface area contributed by atoms with Crippen LogP contribution in [0.4, 0.5) is 0 Å². The summed E-state index contributed by atoms with van der Waals surface area (Å²) in [6, 6.07) is 9.70. The molecule has 19 heavy (non-hydrogen) atoms. The van der Waals surface area contributed by atoms with Crippen molar-refractivity contribution in [1.29, 1.82) is 0 Å². The van der Waals surface area contributed by atoms with E-state index in [0.717, 1.165) is 0 Å². The van der Waals surface area contributed by atoms with E-state index in [1.165, 1.54) is 12.3 Å². The van der Waals surface area contributed by atoms with Crippen molar-refractivity contribution in [1.82, 2.24) is 9.88 Å². The Kier molecular flexibility index (Phi) is 4.31. The normalized spacial score (nSPS) is 13.3. The average Bonchev–Trinajstić information content (AvgIpc) is 2.89. The van der Waals surface area contributed by atoms with Gasteiger partial charge in [-0.25, -0.2) is 13.1 Å². The Balaban J connectivity index is 2.10. The predicted molar refractivity (Wildman–Crippen MR) is 68.5 cm³/mol.